The predicted molar refractivity (Wildman–Crippen MR) is 86.1 cm³/mol. The lowest BCUT2D eigenvalue weighted by molar-refractivity contribution is 0.0973. The van der Waals surface area contributed by atoms with E-state index in [9.17, 15) is 4.79 Å². The first-order valence-electron chi connectivity index (χ1n) is 6.96. The van der Waals surface area contributed by atoms with E-state index in [2.05, 4.69) is 17.1 Å². The molecular formula is C15H19ClN2OS. The van der Waals surface area contributed by atoms with Gasteiger partial charge in [-0.25, -0.2) is 0 Å². The third kappa shape index (κ3) is 4.46. The minimum absolute atomic E-state index is 0.200. The van der Waals surface area contributed by atoms with Crippen molar-refractivity contribution in [3.63, 3.8) is 0 Å². The van der Waals surface area contributed by atoms with Crippen LogP contribution in [0.4, 0.5) is 0 Å². The minimum atomic E-state index is -0.200. The van der Waals surface area contributed by atoms with Crippen LogP contribution in [0.1, 0.15) is 36.5 Å². The highest BCUT2D eigenvalue weighted by Crippen LogP contribution is 2.29. The fourth-order valence-corrected chi connectivity index (χ4v) is 2.48. The molecule has 0 heterocycles. The van der Waals surface area contributed by atoms with Gasteiger partial charge in [-0.15, -0.1) is 0 Å². The summed E-state index contributed by atoms with van der Waals surface area (Å²) in [6.45, 7) is 3.94. The van der Waals surface area contributed by atoms with E-state index in [1.807, 2.05) is 0 Å². The Kier molecular flexibility index (Phi) is 5.38. The Morgan fingerprint density at radius 3 is 2.85 bits per heavy atom. The van der Waals surface area contributed by atoms with Crippen molar-refractivity contribution in [2.45, 2.75) is 26.2 Å². The van der Waals surface area contributed by atoms with E-state index < -0.39 is 0 Å². The number of benzene rings is 1. The van der Waals surface area contributed by atoms with Crippen LogP contribution in [-0.4, -0.2) is 29.0 Å². The molecule has 0 bridgehead atoms. The average Bonchev–Trinajstić information content (AvgIpc) is 3.22. The van der Waals surface area contributed by atoms with Gasteiger partial charge in [-0.1, -0.05) is 24.6 Å². The van der Waals surface area contributed by atoms with E-state index in [0.717, 1.165) is 25.4 Å². The number of nitrogens with one attached hydrogen (secondary N) is 1. The quantitative estimate of drug-likeness (QED) is 0.845. The number of thiocarbonyl (C=S) groups is 1. The van der Waals surface area contributed by atoms with E-state index >= 15 is 0 Å². The first-order chi connectivity index (χ1) is 9.60. The topological polar surface area (TPSA) is 32.3 Å². The molecule has 1 aromatic carbocycles. The molecule has 20 heavy (non-hydrogen) atoms. The molecule has 1 fully saturated rings. The van der Waals surface area contributed by atoms with Crippen LogP contribution in [0.3, 0.4) is 0 Å². The molecule has 0 atom stereocenters. The van der Waals surface area contributed by atoms with Crippen molar-refractivity contribution >= 4 is 34.8 Å². The SMILES string of the molecule is CCCN(CC1CC1)C(=S)NC(=O)c1cccc(Cl)c1. The van der Waals surface area contributed by atoms with Gasteiger partial charge in [-0.3, -0.25) is 10.1 Å². The summed E-state index contributed by atoms with van der Waals surface area (Å²) in [6.07, 6.45) is 3.55. The van der Waals surface area contributed by atoms with Crippen LogP contribution in [0.5, 0.6) is 0 Å². The van der Waals surface area contributed by atoms with E-state index in [-0.39, 0.29) is 5.91 Å². The molecule has 0 saturated heterocycles. The zero-order chi connectivity index (χ0) is 14.5. The van der Waals surface area contributed by atoms with Gasteiger partial charge in [0.25, 0.3) is 5.91 Å². The second-order valence-electron chi connectivity index (χ2n) is 5.16. The fraction of sp³-hybridized carbons (Fsp3) is 0.467. The van der Waals surface area contributed by atoms with Crippen LogP contribution < -0.4 is 5.32 Å². The number of carbonyl (C=O) groups is 1. The van der Waals surface area contributed by atoms with Gasteiger partial charge >= 0.3 is 0 Å². The highest BCUT2D eigenvalue weighted by atomic mass is 35.5. The molecule has 0 aliphatic heterocycles. The molecule has 1 saturated carbocycles. The summed E-state index contributed by atoms with van der Waals surface area (Å²) < 4.78 is 0. The largest absolute Gasteiger partial charge is 0.349 e. The lowest BCUT2D eigenvalue weighted by Crippen LogP contribution is -2.44. The van der Waals surface area contributed by atoms with E-state index in [0.29, 0.717) is 15.7 Å². The molecule has 0 spiro atoms. The lowest BCUT2D eigenvalue weighted by atomic mass is 10.2. The fourth-order valence-electron chi connectivity index (χ4n) is 2.04. The zero-order valence-electron chi connectivity index (χ0n) is 11.6. The summed E-state index contributed by atoms with van der Waals surface area (Å²) in [5, 5.41) is 3.87. The maximum Gasteiger partial charge on any atom is 0.257 e. The Labute approximate surface area is 130 Å². The first kappa shape index (κ1) is 15.3. The van der Waals surface area contributed by atoms with E-state index in [1.54, 1.807) is 24.3 Å². The van der Waals surface area contributed by atoms with Crippen molar-refractivity contribution in [3.05, 3.63) is 34.9 Å². The monoisotopic (exact) mass is 310 g/mol. The lowest BCUT2D eigenvalue weighted by Gasteiger charge is -2.24. The summed E-state index contributed by atoms with van der Waals surface area (Å²) in [5.41, 5.74) is 0.530. The molecule has 1 N–H and O–H groups in total. The number of nitrogens with zero attached hydrogens (tertiary/aromatic N) is 1. The van der Waals surface area contributed by atoms with Gasteiger partial charge in [0.05, 0.1) is 0 Å². The van der Waals surface area contributed by atoms with Gasteiger partial charge in [-0.05, 0) is 55.6 Å². The Morgan fingerprint density at radius 1 is 1.50 bits per heavy atom. The predicted octanol–water partition coefficient (Wildman–Crippen LogP) is 3.48. The van der Waals surface area contributed by atoms with Crippen LogP contribution in [-0.2, 0) is 0 Å². The molecule has 0 unspecified atom stereocenters. The van der Waals surface area contributed by atoms with Gasteiger partial charge in [0.1, 0.15) is 0 Å². The van der Waals surface area contributed by atoms with Crippen molar-refractivity contribution in [2.75, 3.05) is 13.1 Å². The third-order valence-electron chi connectivity index (χ3n) is 3.26. The number of hydrogen-bond acceptors (Lipinski definition) is 2. The van der Waals surface area contributed by atoms with Gasteiger partial charge in [0.2, 0.25) is 0 Å². The van der Waals surface area contributed by atoms with Gasteiger partial charge < -0.3 is 4.90 Å². The molecule has 1 amide bonds. The normalized spacial score (nSPS) is 13.9. The molecule has 0 radical (unpaired) electrons. The number of amides is 1. The maximum atomic E-state index is 12.1. The Morgan fingerprint density at radius 2 is 2.25 bits per heavy atom. The van der Waals surface area contributed by atoms with Crippen molar-refractivity contribution < 1.29 is 4.79 Å². The van der Waals surface area contributed by atoms with Crippen LogP contribution in [0.25, 0.3) is 0 Å². The molecule has 3 nitrogen and oxygen atoms in total. The number of hydrogen-bond donors (Lipinski definition) is 1. The van der Waals surface area contributed by atoms with Crippen LogP contribution >= 0.6 is 23.8 Å². The molecule has 108 valence electrons. The molecule has 5 heteroatoms. The molecule has 2 rings (SSSR count). The molecule has 1 aromatic rings. The second kappa shape index (κ2) is 7.04. The molecule has 1 aliphatic rings. The van der Waals surface area contributed by atoms with Gasteiger partial charge in [0.15, 0.2) is 5.11 Å². The summed E-state index contributed by atoms with van der Waals surface area (Å²) in [7, 11) is 0. The number of halogens is 1. The van der Waals surface area contributed by atoms with Crippen molar-refractivity contribution in [3.8, 4) is 0 Å². The summed E-state index contributed by atoms with van der Waals surface area (Å²) in [4.78, 5) is 14.2. The molecular weight excluding hydrogens is 292 g/mol. The highest BCUT2D eigenvalue weighted by Gasteiger charge is 2.25. The zero-order valence-corrected chi connectivity index (χ0v) is 13.1. The van der Waals surface area contributed by atoms with Crippen molar-refractivity contribution in [2.24, 2.45) is 5.92 Å². The van der Waals surface area contributed by atoms with Crippen LogP contribution in [0, 0.1) is 5.92 Å². The van der Waals surface area contributed by atoms with Crippen LogP contribution in [0.15, 0.2) is 24.3 Å². The summed E-state index contributed by atoms with van der Waals surface area (Å²) in [5.74, 6) is 0.539. The average molecular weight is 311 g/mol. The summed E-state index contributed by atoms with van der Waals surface area (Å²) in [6, 6.07) is 6.88. The number of carbonyl (C=O) groups excluding carboxylic acids is 1. The highest BCUT2D eigenvalue weighted by molar-refractivity contribution is 7.80. The van der Waals surface area contributed by atoms with Crippen LogP contribution in [0.2, 0.25) is 5.02 Å². The van der Waals surface area contributed by atoms with Crippen molar-refractivity contribution in [1.82, 2.24) is 10.2 Å². The first-order valence-corrected chi connectivity index (χ1v) is 7.74. The number of rotatable bonds is 5. The van der Waals surface area contributed by atoms with Gasteiger partial charge in [-0.2, -0.15) is 0 Å². The van der Waals surface area contributed by atoms with Crippen molar-refractivity contribution in [1.29, 1.82) is 0 Å². The Hall–Kier alpha value is -1.13. The standard InChI is InChI=1S/C15H19ClN2OS/c1-2-8-18(10-11-6-7-11)15(20)17-14(19)12-4-3-5-13(16)9-12/h3-5,9,11H,2,6-8,10H2,1H3,(H,17,19,20). The molecule has 1 aliphatic carbocycles. The van der Waals surface area contributed by atoms with E-state index in [1.165, 1.54) is 12.8 Å². The third-order valence-corrected chi connectivity index (χ3v) is 3.86. The Balaban J connectivity index is 1.95. The summed E-state index contributed by atoms with van der Waals surface area (Å²) >= 11 is 11.2. The maximum absolute atomic E-state index is 12.1. The Bertz CT molecular complexity index is 502. The molecule has 0 aromatic heterocycles. The smallest absolute Gasteiger partial charge is 0.257 e. The second-order valence-corrected chi connectivity index (χ2v) is 5.98. The van der Waals surface area contributed by atoms with E-state index in [4.69, 9.17) is 23.8 Å². The minimum Gasteiger partial charge on any atom is -0.349 e. The van der Waals surface area contributed by atoms with Gasteiger partial charge in [0, 0.05) is 23.7 Å².